The minimum absolute atomic E-state index is 0.204. The second kappa shape index (κ2) is 7.71. The Kier molecular flexibility index (Phi) is 4.82. The molecule has 2 aliphatic heterocycles. The first-order valence-corrected chi connectivity index (χ1v) is 10.7. The molecule has 1 aromatic heterocycles. The monoisotopic (exact) mass is 439 g/mol. The molecule has 2 aliphatic rings. The quantitative estimate of drug-likeness (QED) is 0.632. The molecule has 3 aromatic rings. The van der Waals surface area contributed by atoms with Gasteiger partial charge in [-0.25, -0.2) is 4.98 Å². The molecule has 1 unspecified atom stereocenters. The number of imidazole rings is 1. The number of nitriles is 1. The number of aromatic nitrogens is 2. The lowest BCUT2D eigenvalue weighted by molar-refractivity contribution is -0.136. The van der Waals surface area contributed by atoms with Crippen LogP contribution in [-0.2, 0) is 23.2 Å². The number of benzene rings is 2. The van der Waals surface area contributed by atoms with E-state index in [2.05, 4.69) is 16.4 Å². The van der Waals surface area contributed by atoms with Crippen LogP contribution in [0.5, 0.6) is 0 Å². The predicted molar refractivity (Wildman–Crippen MR) is 120 cm³/mol. The van der Waals surface area contributed by atoms with Crippen LogP contribution in [0.4, 0.5) is 0 Å². The van der Waals surface area contributed by atoms with Crippen molar-refractivity contribution in [1.82, 2.24) is 19.8 Å². The van der Waals surface area contributed by atoms with Crippen LogP contribution in [0.25, 0.3) is 22.5 Å². The number of aryl methyl sites for hydroxylation is 2. The molecule has 164 valence electrons. The van der Waals surface area contributed by atoms with E-state index in [1.165, 1.54) is 4.90 Å². The number of amides is 3. The van der Waals surface area contributed by atoms with Gasteiger partial charge in [-0.05, 0) is 48.7 Å². The SMILES string of the molecule is Cc1ccc(C#N)cc1-c1c(-c2ccc3c(c2)CN(C2CCC(=O)NC2=O)C3=O)ncn1C. The molecular weight excluding hydrogens is 418 g/mol. The lowest BCUT2D eigenvalue weighted by Gasteiger charge is -2.29. The van der Waals surface area contributed by atoms with Crippen molar-refractivity contribution in [3.8, 4) is 28.6 Å². The van der Waals surface area contributed by atoms with Crippen LogP contribution in [0.3, 0.4) is 0 Å². The van der Waals surface area contributed by atoms with Crippen molar-refractivity contribution >= 4 is 17.7 Å². The van der Waals surface area contributed by atoms with E-state index in [9.17, 15) is 19.6 Å². The van der Waals surface area contributed by atoms with Gasteiger partial charge in [0.2, 0.25) is 11.8 Å². The molecule has 1 N–H and O–H groups in total. The Morgan fingerprint density at radius 2 is 1.94 bits per heavy atom. The van der Waals surface area contributed by atoms with Gasteiger partial charge in [-0.2, -0.15) is 5.26 Å². The van der Waals surface area contributed by atoms with Crippen molar-refractivity contribution in [1.29, 1.82) is 5.26 Å². The van der Waals surface area contributed by atoms with E-state index in [1.54, 1.807) is 18.5 Å². The zero-order valence-electron chi connectivity index (χ0n) is 18.3. The van der Waals surface area contributed by atoms with E-state index in [1.807, 2.05) is 42.8 Å². The summed E-state index contributed by atoms with van der Waals surface area (Å²) in [7, 11) is 1.91. The van der Waals surface area contributed by atoms with Crippen molar-refractivity contribution < 1.29 is 14.4 Å². The Labute approximate surface area is 190 Å². The Morgan fingerprint density at radius 1 is 1.12 bits per heavy atom. The van der Waals surface area contributed by atoms with Crippen molar-refractivity contribution in [2.75, 3.05) is 0 Å². The van der Waals surface area contributed by atoms with Crippen LogP contribution in [0.1, 0.15) is 39.9 Å². The highest BCUT2D eigenvalue weighted by Gasteiger charge is 2.39. The summed E-state index contributed by atoms with van der Waals surface area (Å²) in [6, 6.07) is 12.7. The number of nitrogens with zero attached hydrogens (tertiary/aromatic N) is 4. The van der Waals surface area contributed by atoms with Gasteiger partial charge in [0.05, 0.1) is 29.3 Å². The van der Waals surface area contributed by atoms with Crippen LogP contribution in [0, 0.1) is 18.3 Å². The van der Waals surface area contributed by atoms with Gasteiger partial charge in [0.1, 0.15) is 6.04 Å². The molecule has 8 nitrogen and oxygen atoms in total. The number of fused-ring (bicyclic) bond motifs is 1. The van der Waals surface area contributed by atoms with Gasteiger partial charge in [-0.3, -0.25) is 19.7 Å². The van der Waals surface area contributed by atoms with E-state index in [0.29, 0.717) is 24.1 Å². The zero-order chi connectivity index (χ0) is 23.3. The Morgan fingerprint density at radius 3 is 2.70 bits per heavy atom. The largest absolute Gasteiger partial charge is 0.333 e. The van der Waals surface area contributed by atoms with Crippen molar-refractivity contribution in [2.24, 2.45) is 7.05 Å². The lowest BCUT2D eigenvalue weighted by atomic mass is 9.97. The number of rotatable bonds is 3. The summed E-state index contributed by atoms with van der Waals surface area (Å²) in [5, 5.41) is 11.7. The Bertz CT molecular complexity index is 1380. The maximum atomic E-state index is 13.0. The molecule has 1 saturated heterocycles. The smallest absolute Gasteiger partial charge is 0.255 e. The average molecular weight is 439 g/mol. The minimum atomic E-state index is -0.646. The molecule has 0 radical (unpaired) electrons. The second-order valence-electron chi connectivity index (χ2n) is 8.47. The maximum Gasteiger partial charge on any atom is 0.255 e. The van der Waals surface area contributed by atoms with Crippen molar-refractivity contribution in [3.63, 3.8) is 0 Å². The molecule has 5 rings (SSSR count). The third-order valence-corrected chi connectivity index (χ3v) is 6.36. The normalized spacial score (nSPS) is 17.7. The number of hydrogen-bond donors (Lipinski definition) is 1. The summed E-state index contributed by atoms with van der Waals surface area (Å²) in [5.41, 5.74) is 6.39. The molecule has 1 atom stereocenters. The van der Waals surface area contributed by atoms with Gasteiger partial charge in [0.15, 0.2) is 0 Å². The highest BCUT2D eigenvalue weighted by molar-refractivity contribution is 6.05. The van der Waals surface area contributed by atoms with E-state index in [0.717, 1.165) is 33.6 Å². The number of piperidine rings is 1. The molecule has 3 amide bonds. The molecular formula is C25H21N5O3. The summed E-state index contributed by atoms with van der Waals surface area (Å²) in [5.74, 6) is -0.932. The van der Waals surface area contributed by atoms with Crippen LogP contribution < -0.4 is 5.32 Å². The zero-order valence-corrected chi connectivity index (χ0v) is 18.3. The maximum absolute atomic E-state index is 13.0. The second-order valence-corrected chi connectivity index (χ2v) is 8.47. The van der Waals surface area contributed by atoms with Gasteiger partial charge in [0, 0.05) is 36.7 Å². The van der Waals surface area contributed by atoms with Gasteiger partial charge in [0.25, 0.3) is 5.91 Å². The third-order valence-electron chi connectivity index (χ3n) is 6.36. The van der Waals surface area contributed by atoms with Crippen molar-refractivity contribution in [3.05, 3.63) is 65.0 Å². The predicted octanol–water partition coefficient (Wildman–Crippen LogP) is 2.70. The third kappa shape index (κ3) is 3.38. The summed E-state index contributed by atoms with van der Waals surface area (Å²) in [6.07, 6.45) is 2.29. The lowest BCUT2D eigenvalue weighted by Crippen LogP contribution is -2.52. The van der Waals surface area contributed by atoms with E-state index < -0.39 is 11.9 Å². The number of carbonyl (C=O) groups is 3. The Hall–Kier alpha value is -4.25. The summed E-state index contributed by atoms with van der Waals surface area (Å²) < 4.78 is 1.92. The topological polar surface area (TPSA) is 108 Å². The average Bonchev–Trinajstić information content (AvgIpc) is 3.34. The van der Waals surface area contributed by atoms with Crippen LogP contribution in [0.15, 0.2) is 42.7 Å². The standard InChI is InChI=1S/C25H21N5O3/c1-14-3-4-15(11-26)9-19(14)23-22(27-13-29(23)2)16-5-6-18-17(10-16)12-30(25(18)33)20-7-8-21(31)28-24(20)32/h3-6,9-10,13,20H,7-8,12H2,1-2H3,(H,28,31,32). The minimum Gasteiger partial charge on any atom is -0.333 e. The highest BCUT2D eigenvalue weighted by Crippen LogP contribution is 2.36. The molecule has 2 aromatic carbocycles. The summed E-state index contributed by atoms with van der Waals surface area (Å²) in [6.45, 7) is 2.30. The summed E-state index contributed by atoms with van der Waals surface area (Å²) in [4.78, 5) is 42.9. The fourth-order valence-electron chi connectivity index (χ4n) is 4.63. The van der Waals surface area contributed by atoms with Gasteiger partial charge >= 0.3 is 0 Å². The van der Waals surface area contributed by atoms with Crippen LogP contribution in [0.2, 0.25) is 0 Å². The van der Waals surface area contributed by atoms with Crippen LogP contribution >= 0.6 is 0 Å². The molecule has 8 heteroatoms. The van der Waals surface area contributed by atoms with Crippen LogP contribution in [-0.4, -0.2) is 38.2 Å². The number of hydrogen-bond acceptors (Lipinski definition) is 5. The number of carbonyl (C=O) groups excluding carboxylic acids is 3. The van der Waals surface area contributed by atoms with Gasteiger partial charge < -0.3 is 9.47 Å². The fraction of sp³-hybridized carbons (Fsp3) is 0.240. The first-order chi connectivity index (χ1) is 15.9. The summed E-state index contributed by atoms with van der Waals surface area (Å²) >= 11 is 0. The number of nitrogens with one attached hydrogen (secondary N) is 1. The molecule has 0 bridgehead atoms. The molecule has 1 fully saturated rings. The molecule has 0 spiro atoms. The molecule has 3 heterocycles. The first kappa shape index (κ1) is 20.6. The molecule has 0 saturated carbocycles. The highest BCUT2D eigenvalue weighted by atomic mass is 16.2. The molecule has 33 heavy (non-hydrogen) atoms. The van der Waals surface area contributed by atoms with E-state index in [4.69, 9.17) is 0 Å². The first-order valence-electron chi connectivity index (χ1n) is 10.7. The van der Waals surface area contributed by atoms with E-state index in [-0.39, 0.29) is 18.2 Å². The number of imide groups is 1. The van der Waals surface area contributed by atoms with Gasteiger partial charge in [-0.1, -0.05) is 12.1 Å². The van der Waals surface area contributed by atoms with Gasteiger partial charge in [-0.15, -0.1) is 0 Å². The van der Waals surface area contributed by atoms with Crippen molar-refractivity contribution in [2.45, 2.75) is 32.4 Å². The van der Waals surface area contributed by atoms with E-state index >= 15 is 0 Å². The Balaban J connectivity index is 1.52. The fourth-order valence-corrected chi connectivity index (χ4v) is 4.63. The molecule has 0 aliphatic carbocycles.